The molecule has 0 aliphatic heterocycles. The van der Waals surface area contributed by atoms with E-state index in [-0.39, 0.29) is 0 Å². The standard InChI is InChI=1S/C11H14BrN5/c1-8-5-9(12)6-14-11(8)13-4-3-10-15-7-17(2)16-10/h5-7H,3-4H2,1-2H3,(H,13,14). The van der Waals surface area contributed by atoms with Crippen molar-refractivity contribution in [1.29, 1.82) is 0 Å². The summed E-state index contributed by atoms with van der Waals surface area (Å²) in [6.07, 6.45) is 4.28. The van der Waals surface area contributed by atoms with E-state index in [2.05, 4.69) is 36.3 Å². The molecule has 0 aliphatic rings. The van der Waals surface area contributed by atoms with Crippen molar-refractivity contribution >= 4 is 21.7 Å². The second-order valence-electron chi connectivity index (χ2n) is 3.83. The molecule has 0 spiro atoms. The van der Waals surface area contributed by atoms with Crippen LogP contribution in [-0.4, -0.2) is 26.3 Å². The molecule has 2 aromatic heterocycles. The van der Waals surface area contributed by atoms with Crippen LogP contribution < -0.4 is 5.32 Å². The Kier molecular flexibility index (Phi) is 3.73. The van der Waals surface area contributed by atoms with Gasteiger partial charge in [-0.25, -0.2) is 9.97 Å². The predicted molar refractivity (Wildman–Crippen MR) is 69.9 cm³/mol. The number of nitrogens with one attached hydrogen (secondary N) is 1. The van der Waals surface area contributed by atoms with E-state index in [0.29, 0.717) is 0 Å². The highest BCUT2D eigenvalue weighted by Crippen LogP contribution is 2.16. The molecule has 0 saturated heterocycles. The van der Waals surface area contributed by atoms with Gasteiger partial charge in [0.05, 0.1) is 0 Å². The number of hydrogen-bond donors (Lipinski definition) is 1. The van der Waals surface area contributed by atoms with Crippen molar-refractivity contribution in [3.05, 3.63) is 34.5 Å². The fourth-order valence-corrected chi connectivity index (χ4v) is 1.96. The number of hydrogen-bond acceptors (Lipinski definition) is 4. The van der Waals surface area contributed by atoms with Crippen LogP contribution in [-0.2, 0) is 13.5 Å². The van der Waals surface area contributed by atoms with E-state index >= 15 is 0 Å². The maximum absolute atomic E-state index is 4.31. The largest absolute Gasteiger partial charge is 0.369 e. The van der Waals surface area contributed by atoms with Crippen LogP contribution in [0.4, 0.5) is 5.82 Å². The summed E-state index contributed by atoms with van der Waals surface area (Å²) in [4.78, 5) is 8.48. The summed E-state index contributed by atoms with van der Waals surface area (Å²) in [5, 5.41) is 7.49. The zero-order chi connectivity index (χ0) is 12.3. The zero-order valence-electron chi connectivity index (χ0n) is 9.81. The van der Waals surface area contributed by atoms with Gasteiger partial charge in [0.25, 0.3) is 0 Å². The van der Waals surface area contributed by atoms with E-state index in [1.807, 2.05) is 20.0 Å². The van der Waals surface area contributed by atoms with Crippen molar-refractivity contribution in [1.82, 2.24) is 19.7 Å². The zero-order valence-corrected chi connectivity index (χ0v) is 11.4. The lowest BCUT2D eigenvalue weighted by Crippen LogP contribution is -2.08. The molecule has 2 rings (SSSR count). The highest BCUT2D eigenvalue weighted by Gasteiger charge is 2.02. The fraction of sp³-hybridized carbons (Fsp3) is 0.364. The van der Waals surface area contributed by atoms with E-state index in [9.17, 15) is 0 Å². The van der Waals surface area contributed by atoms with Gasteiger partial charge in [0.2, 0.25) is 0 Å². The molecule has 0 radical (unpaired) electrons. The first kappa shape index (κ1) is 12.0. The first-order valence-corrected chi connectivity index (χ1v) is 6.15. The van der Waals surface area contributed by atoms with Crippen molar-refractivity contribution in [2.45, 2.75) is 13.3 Å². The van der Waals surface area contributed by atoms with Gasteiger partial charge < -0.3 is 5.32 Å². The topological polar surface area (TPSA) is 55.6 Å². The van der Waals surface area contributed by atoms with Crippen LogP contribution in [0.2, 0.25) is 0 Å². The molecule has 0 aliphatic carbocycles. The number of aromatic nitrogens is 4. The smallest absolute Gasteiger partial charge is 0.152 e. The molecule has 17 heavy (non-hydrogen) atoms. The minimum Gasteiger partial charge on any atom is -0.369 e. The van der Waals surface area contributed by atoms with Crippen LogP contribution in [0.25, 0.3) is 0 Å². The van der Waals surface area contributed by atoms with E-state index in [0.717, 1.165) is 34.6 Å². The van der Waals surface area contributed by atoms with Crippen LogP contribution in [0.5, 0.6) is 0 Å². The molecule has 6 heteroatoms. The van der Waals surface area contributed by atoms with Gasteiger partial charge in [0.15, 0.2) is 5.82 Å². The predicted octanol–water partition coefficient (Wildman–Crippen LogP) is 1.94. The van der Waals surface area contributed by atoms with Gasteiger partial charge in [-0.2, -0.15) is 5.10 Å². The molecule has 0 aromatic carbocycles. The van der Waals surface area contributed by atoms with Gasteiger partial charge in [0, 0.05) is 30.7 Å². The van der Waals surface area contributed by atoms with Crippen molar-refractivity contribution in [2.75, 3.05) is 11.9 Å². The number of pyridine rings is 1. The first-order valence-electron chi connectivity index (χ1n) is 5.35. The van der Waals surface area contributed by atoms with E-state index in [1.54, 1.807) is 17.2 Å². The quantitative estimate of drug-likeness (QED) is 0.936. The van der Waals surface area contributed by atoms with E-state index < -0.39 is 0 Å². The van der Waals surface area contributed by atoms with Crippen LogP contribution >= 0.6 is 15.9 Å². The van der Waals surface area contributed by atoms with E-state index in [1.165, 1.54) is 0 Å². The summed E-state index contributed by atoms with van der Waals surface area (Å²) >= 11 is 3.39. The number of anilines is 1. The lowest BCUT2D eigenvalue weighted by molar-refractivity contribution is 0.741. The molecule has 0 atom stereocenters. The molecule has 0 saturated carbocycles. The molecular weight excluding hydrogens is 282 g/mol. The van der Waals surface area contributed by atoms with Crippen LogP contribution in [0, 0.1) is 6.92 Å². The highest BCUT2D eigenvalue weighted by molar-refractivity contribution is 9.10. The summed E-state index contributed by atoms with van der Waals surface area (Å²) in [7, 11) is 1.87. The van der Waals surface area contributed by atoms with Gasteiger partial charge in [0.1, 0.15) is 12.1 Å². The molecule has 1 N–H and O–H groups in total. The Morgan fingerprint density at radius 2 is 2.24 bits per heavy atom. The van der Waals surface area contributed by atoms with Crippen molar-refractivity contribution in [2.24, 2.45) is 7.05 Å². The van der Waals surface area contributed by atoms with Crippen LogP contribution in [0.3, 0.4) is 0 Å². The Hall–Kier alpha value is -1.43. The lowest BCUT2D eigenvalue weighted by atomic mass is 10.3. The molecule has 2 aromatic rings. The normalized spacial score (nSPS) is 10.5. The molecule has 5 nitrogen and oxygen atoms in total. The van der Waals surface area contributed by atoms with Gasteiger partial charge in [-0.15, -0.1) is 0 Å². The number of aryl methyl sites for hydroxylation is 2. The SMILES string of the molecule is Cc1cc(Br)cnc1NCCc1ncn(C)n1. The van der Waals surface area contributed by atoms with Gasteiger partial charge in [-0.05, 0) is 34.5 Å². The summed E-state index contributed by atoms with van der Waals surface area (Å²) in [6, 6.07) is 2.04. The summed E-state index contributed by atoms with van der Waals surface area (Å²) in [5.41, 5.74) is 1.12. The summed E-state index contributed by atoms with van der Waals surface area (Å²) in [5.74, 6) is 1.75. The average Bonchev–Trinajstić information content (AvgIpc) is 2.68. The average molecular weight is 296 g/mol. The molecule has 0 unspecified atom stereocenters. The molecule has 2 heterocycles. The lowest BCUT2D eigenvalue weighted by Gasteiger charge is -2.07. The Morgan fingerprint density at radius 1 is 1.41 bits per heavy atom. The maximum atomic E-state index is 4.31. The Bertz CT molecular complexity index is 508. The molecule has 0 bridgehead atoms. The van der Waals surface area contributed by atoms with Crippen LogP contribution in [0.1, 0.15) is 11.4 Å². The first-order chi connectivity index (χ1) is 8.15. The monoisotopic (exact) mass is 295 g/mol. The Labute approximate surface area is 108 Å². The van der Waals surface area contributed by atoms with E-state index in [4.69, 9.17) is 0 Å². The van der Waals surface area contributed by atoms with Crippen LogP contribution in [0.15, 0.2) is 23.1 Å². The second kappa shape index (κ2) is 5.27. The van der Waals surface area contributed by atoms with Gasteiger partial charge in [-0.1, -0.05) is 0 Å². The minimum absolute atomic E-state index is 0.777. The van der Waals surface area contributed by atoms with Gasteiger partial charge >= 0.3 is 0 Å². The third-order valence-electron chi connectivity index (χ3n) is 2.33. The van der Waals surface area contributed by atoms with Crippen molar-refractivity contribution < 1.29 is 0 Å². The minimum atomic E-state index is 0.777. The molecule has 90 valence electrons. The van der Waals surface area contributed by atoms with Crippen molar-refractivity contribution in [3.8, 4) is 0 Å². The number of rotatable bonds is 4. The summed E-state index contributed by atoms with van der Waals surface area (Å²) < 4.78 is 2.70. The molecule has 0 fully saturated rings. The second-order valence-corrected chi connectivity index (χ2v) is 4.75. The third kappa shape index (κ3) is 3.26. The maximum Gasteiger partial charge on any atom is 0.152 e. The Balaban J connectivity index is 1.90. The number of halogens is 1. The Morgan fingerprint density at radius 3 is 2.88 bits per heavy atom. The number of nitrogens with zero attached hydrogens (tertiary/aromatic N) is 4. The molecular formula is C11H14BrN5. The fourth-order valence-electron chi connectivity index (χ4n) is 1.52. The van der Waals surface area contributed by atoms with Crippen molar-refractivity contribution in [3.63, 3.8) is 0 Å². The third-order valence-corrected chi connectivity index (χ3v) is 2.77. The summed E-state index contributed by atoms with van der Waals surface area (Å²) in [6.45, 7) is 2.80. The van der Waals surface area contributed by atoms with Gasteiger partial charge in [-0.3, -0.25) is 4.68 Å². The highest BCUT2D eigenvalue weighted by atomic mass is 79.9. The molecule has 0 amide bonds.